The summed E-state index contributed by atoms with van der Waals surface area (Å²) < 4.78 is 71.2. The normalized spacial score (nSPS) is 13.2. The summed E-state index contributed by atoms with van der Waals surface area (Å²) in [6, 6.07) is 0.137. The van der Waals surface area contributed by atoms with Gasteiger partial charge in [0.2, 0.25) is 5.88 Å². The highest BCUT2D eigenvalue weighted by Crippen LogP contribution is 2.22. The fourth-order valence-corrected chi connectivity index (χ4v) is 2.95. The molecule has 1 heterocycles. The number of pyridine rings is 1. The van der Waals surface area contributed by atoms with Gasteiger partial charge in [-0.25, -0.2) is 18.1 Å². The van der Waals surface area contributed by atoms with Crippen molar-refractivity contribution < 1.29 is 35.9 Å². The third-order valence-electron chi connectivity index (χ3n) is 3.72. The van der Waals surface area contributed by atoms with Crippen LogP contribution in [0.25, 0.3) is 0 Å². The van der Waals surface area contributed by atoms with Crippen LogP contribution in [0.1, 0.15) is 43.1 Å². The number of ether oxygens (including phenoxy) is 2. The molecular formula is C19H26F3N3O5S. The van der Waals surface area contributed by atoms with E-state index in [0.29, 0.717) is 18.6 Å². The molecule has 1 aromatic heterocycles. The Morgan fingerprint density at radius 2 is 1.97 bits per heavy atom. The van der Waals surface area contributed by atoms with E-state index in [1.165, 1.54) is 23.9 Å². The Balaban J connectivity index is 2.82. The van der Waals surface area contributed by atoms with Gasteiger partial charge >= 0.3 is 15.5 Å². The number of carbonyl (C=O) groups is 1. The average Bonchev–Trinajstić information content (AvgIpc) is 2.63. The quantitative estimate of drug-likeness (QED) is 0.428. The van der Waals surface area contributed by atoms with Crippen molar-refractivity contribution in [3.8, 4) is 17.7 Å². The summed E-state index contributed by atoms with van der Waals surface area (Å²) in [5.41, 5.74) is -5.47. The molecule has 1 rings (SSSR count). The van der Waals surface area contributed by atoms with Crippen molar-refractivity contribution >= 4 is 15.9 Å². The summed E-state index contributed by atoms with van der Waals surface area (Å²) in [4.78, 5) is 16.6. The van der Waals surface area contributed by atoms with E-state index in [9.17, 15) is 26.4 Å². The molecule has 1 atom stereocenters. The van der Waals surface area contributed by atoms with Crippen LogP contribution in [0.4, 0.5) is 13.2 Å². The van der Waals surface area contributed by atoms with Gasteiger partial charge in [-0.3, -0.25) is 4.79 Å². The number of halogens is 3. The molecule has 0 fully saturated rings. The molecule has 1 aromatic rings. The highest BCUT2D eigenvalue weighted by molar-refractivity contribution is 7.90. The molecule has 0 saturated heterocycles. The van der Waals surface area contributed by atoms with Crippen molar-refractivity contribution in [3.63, 3.8) is 0 Å². The van der Waals surface area contributed by atoms with E-state index in [1.807, 2.05) is 0 Å². The SMILES string of the molecule is COCCC#CC(C)(C)NC(=O)c1cc(OC[C@H](C)NS(=O)(=O)C(F)(F)F)ncc1C. The van der Waals surface area contributed by atoms with E-state index in [2.05, 4.69) is 22.1 Å². The number of methoxy groups -OCH3 is 1. The molecule has 0 aliphatic rings. The Morgan fingerprint density at radius 1 is 1.32 bits per heavy atom. The number of hydrogen-bond donors (Lipinski definition) is 2. The van der Waals surface area contributed by atoms with Gasteiger partial charge < -0.3 is 14.8 Å². The Labute approximate surface area is 180 Å². The predicted octanol–water partition coefficient (Wildman–Crippen LogP) is 2.14. The van der Waals surface area contributed by atoms with Gasteiger partial charge in [0.05, 0.1) is 18.2 Å². The monoisotopic (exact) mass is 465 g/mol. The molecule has 0 bridgehead atoms. The first kappa shape index (κ1) is 26.7. The predicted molar refractivity (Wildman–Crippen MR) is 108 cm³/mol. The van der Waals surface area contributed by atoms with Gasteiger partial charge in [0, 0.05) is 31.4 Å². The van der Waals surface area contributed by atoms with Crippen LogP contribution < -0.4 is 14.8 Å². The van der Waals surface area contributed by atoms with E-state index >= 15 is 0 Å². The van der Waals surface area contributed by atoms with E-state index < -0.39 is 39.6 Å². The van der Waals surface area contributed by atoms with Crippen molar-refractivity contribution in [1.82, 2.24) is 15.0 Å². The maximum absolute atomic E-state index is 12.7. The number of carbonyl (C=O) groups excluding carboxylic acids is 1. The van der Waals surface area contributed by atoms with Crippen LogP contribution in [0, 0.1) is 18.8 Å². The number of amides is 1. The zero-order chi connectivity index (χ0) is 23.9. The lowest BCUT2D eigenvalue weighted by atomic mass is 10.0. The van der Waals surface area contributed by atoms with Crippen LogP contribution in [-0.2, 0) is 14.8 Å². The number of aromatic nitrogens is 1. The number of sulfonamides is 1. The van der Waals surface area contributed by atoms with Crippen molar-refractivity contribution in [2.24, 2.45) is 0 Å². The number of nitrogens with zero attached hydrogens (tertiary/aromatic N) is 1. The summed E-state index contributed by atoms with van der Waals surface area (Å²) in [5, 5.41) is 2.78. The highest BCUT2D eigenvalue weighted by Gasteiger charge is 2.46. The second kappa shape index (κ2) is 10.8. The molecule has 0 aromatic carbocycles. The lowest BCUT2D eigenvalue weighted by Gasteiger charge is -2.21. The molecule has 0 aliphatic carbocycles. The maximum Gasteiger partial charge on any atom is 0.511 e. The maximum atomic E-state index is 12.7. The van der Waals surface area contributed by atoms with Crippen LogP contribution in [0.5, 0.6) is 5.88 Å². The smallest absolute Gasteiger partial charge is 0.476 e. The molecule has 0 saturated carbocycles. The van der Waals surface area contributed by atoms with Gasteiger partial charge in [0.25, 0.3) is 5.91 Å². The van der Waals surface area contributed by atoms with E-state index in [1.54, 1.807) is 27.9 Å². The zero-order valence-corrected chi connectivity index (χ0v) is 18.7. The highest BCUT2D eigenvalue weighted by atomic mass is 32.2. The van der Waals surface area contributed by atoms with Crippen molar-refractivity contribution in [2.45, 2.75) is 51.2 Å². The van der Waals surface area contributed by atoms with Crippen LogP contribution in [0.3, 0.4) is 0 Å². The minimum absolute atomic E-state index is 0.0437. The van der Waals surface area contributed by atoms with Crippen LogP contribution >= 0.6 is 0 Å². The minimum Gasteiger partial charge on any atom is -0.476 e. The molecule has 174 valence electrons. The van der Waals surface area contributed by atoms with Gasteiger partial charge in [-0.15, -0.1) is 0 Å². The first-order valence-electron chi connectivity index (χ1n) is 9.18. The van der Waals surface area contributed by atoms with Gasteiger partial charge in [-0.2, -0.15) is 13.2 Å². The molecule has 0 unspecified atom stereocenters. The van der Waals surface area contributed by atoms with E-state index in [-0.39, 0.29) is 11.4 Å². The van der Waals surface area contributed by atoms with Gasteiger partial charge in [-0.1, -0.05) is 11.8 Å². The molecule has 0 aliphatic heterocycles. The Morgan fingerprint density at radius 3 is 2.55 bits per heavy atom. The molecular weight excluding hydrogens is 439 g/mol. The summed E-state index contributed by atoms with van der Waals surface area (Å²) in [6.45, 7) is 6.36. The average molecular weight is 465 g/mol. The van der Waals surface area contributed by atoms with Crippen LogP contribution in [-0.4, -0.2) is 56.7 Å². The Kier molecular flexibility index (Phi) is 9.28. The fourth-order valence-electron chi connectivity index (χ4n) is 2.22. The number of hydrogen-bond acceptors (Lipinski definition) is 6. The van der Waals surface area contributed by atoms with Crippen molar-refractivity contribution in [3.05, 3.63) is 23.4 Å². The van der Waals surface area contributed by atoms with E-state index in [4.69, 9.17) is 9.47 Å². The molecule has 31 heavy (non-hydrogen) atoms. The zero-order valence-electron chi connectivity index (χ0n) is 17.9. The summed E-state index contributed by atoms with van der Waals surface area (Å²) in [6.07, 6.45) is 1.88. The number of aryl methyl sites for hydroxylation is 1. The molecule has 1 amide bonds. The largest absolute Gasteiger partial charge is 0.511 e. The van der Waals surface area contributed by atoms with Crippen molar-refractivity contribution in [2.75, 3.05) is 20.3 Å². The van der Waals surface area contributed by atoms with Crippen molar-refractivity contribution in [1.29, 1.82) is 0 Å². The first-order valence-corrected chi connectivity index (χ1v) is 10.7. The van der Waals surface area contributed by atoms with Crippen LogP contribution in [0.2, 0.25) is 0 Å². The third kappa shape index (κ3) is 8.72. The summed E-state index contributed by atoms with van der Waals surface area (Å²) in [7, 11) is -3.93. The summed E-state index contributed by atoms with van der Waals surface area (Å²) >= 11 is 0. The number of nitrogens with one attached hydrogen (secondary N) is 2. The second-order valence-corrected chi connectivity index (χ2v) is 8.95. The topological polar surface area (TPSA) is 107 Å². The van der Waals surface area contributed by atoms with Gasteiger partial charge in [-0.05, 0) is 33.3 Å². The van der Waals surface area contributed by atoms with Gasteiger partial charge in [0.1, 0.15) is 6.61 Å². The molecule has 0 radical (unpaired) electrons. The lowest BCUT2D eigenvalue weighted by Crippen LogP contribution is -2.43. The number of alkyl halides is 3. The van der Waals surface area contributed by atoms with E-state index in [0.717, 1.165) is 0 Å². The number of rotatable bonds is 9. The summed E-state index contributed by atoms with van der Waals surface area (Å²) in [5.74, 6) is 5.36. The Bertz CT molecular complexity index is 937. The third-order valence-corrected chi connectivity index (χ3v) is 5.05. The molecule has 8 nitrogen and oxygen atoms in total. The lowest BCUT2D eigenvalue weighted by molar-refractivity contribution is -0.0451. The van der Waals surface area contributed by atoms with Gasteiger partial charge in [0.15, 0.2) is 0 Å². The standard InChI is InChI=1S/C19H26F3N3O5S/c1-13-11-23-16(30-12-14(2)25-31(27,28)19(20,21)22)10-15(13)17(26)24-18(3,4)8-6-7-9-29-5/h10-11,14,25H,7,9,12H2,1-5H3,(H,24,26)/t14-/m0/s1. The molecule has 12 heteroatoms. The second-order valence-electron chi connectivity index (χ2n) is 7.24. The molecule has 2 N–H and O–H groups in total. The Hall–Kier alpha value is -2.36. The molecule has 0 spiro atoms. The first-order chi connectivity index (χ1) is 14.2. The van der Waals surface area contributed by atoms with Crippen LogP contribution in [0.15, 0.2) is 12.3 Å². The fraction of sp³-hybridized carbons (Fsp3) is 0.579. The minimum atomic E-state index is -5.50.